The number of amides is 2. The zero-order chi connectivity index (χ0) is 27.5. The van der Waals surface area contributed by atoms with Gasteiger partial charge in [0.05, 0.1) is 21.5 Å². The van der Waals surface area contributed by atoms with Crippen molar-refractivity contribution in [3.05, 3.63) is 76.3 Å². The van der Waals surface area contributed by atoms with E-state index in [4.69, 9.17) is 23.2 Å². The summed E-state index contributed by atoms with van der Waals surface area (Å²) in [6.07, 6.45) is 0. The van der Waals surface area contributed by atoms with Crippen LogP contribution in [0.3, 0.4) is 0 Å². The number of nitrogens with zero attached hydrogens (tertiary/aromatic N) is 2. The summed E-state index contributed by atoms with van der Waals surface area (Å²) in [6, 6.07) is 16.3. The Morgan fingerprint density at radius 1 is 0.946 bits per heavy atom. The number of hydrogen-bond donors (Lipinski definition) is 1. The van der Waals surface area contributed by atoms with Crippen LogP contribution >= 0.6 is 23.2 Å². The largest absolute Gasteiger partial charge is 0.350 e. The Balaban J connectivity index is 1.88. The first kappa shape index (κ1) is 28.9. The number of rotatable bonds is 8. The van der Waals surface area contributed by atoms with E-state index in [9.17, 15) is 18.0 Å². The summed E-state index contributed by atoms with van der Waals surface area (Å²) in [7, 11) is -2.63. The number of carbonyl (C=O) groups is 2. The lowest BCUT2D eigenvalue weighted by Gasteiger charge is -2.32. The summed E-state index contributed by atoms with van der Waals surface area (Å²) < 4.78 is 27.6. The highest BCUT2D eigenvalue weighted by atomic mass is 35.5. The first-order valence-corrected chi connectivity index (χ1v) is 13.9. The fourth-order valence-electron chi connectivity index (χ4n) is 3.77. The van der Waals surface area contributed by atoms with Gasteiger partial charge in [-0.25, -0.2) is 8.42 Å². The minimum absolute atomic E-state index is 0.0400. The minimum Gasteiger partial charge on any atom is -0.350 e. The topological polar surface area (TPSA) is 86.8 Å². The maximum atomic E-state index is 13.5. The summed E-state index contributed by atoms with van der Waals surface area (Å²) in [6.45, 7) is 6.71. The van der Waals surface area contributed by atoms with Crippen molar-refractivity contribution in [3.63, 3.8) is 0 Å². The van der Waals surface area contributed by atoms with Crippen molar-refractivity contribution in [2.75, 3.05) is 13.6 Å². The molecular weight excluding hydrogens is 533 g/mol. The molecule has 1 unspecified atom stereocenters. The van der Waals surface area contributed by atoms with E-state index in [1.54, 1.807) is 37.3 Å². The maximum Gasteiger partial charge on any atom is 0.243 e. The van der Waals surface area contributed by atoms with E-state index in [2.05, 4.69) is 5.32 Å². The predicted octanol–water partition coefficient (Wildman–Crippen LogP) is 5.10. The number of carbonyl (C=O) groups excluding carboxylic acids is 2. The van der Waals surface area contributed by atoms with Crippen LogP contribution in [0.4, 0.5) is 0 Å². The number of sulfonamides is 1. The van der Waals surface area contributed by atoms with E-state index in [0.717, 1.165) is 15.1 Å². The zero-order valence-electron chi connectivity index (χ0n) is 21.5. The number of nitrogens with one attached hydrogen (secondary N) is 1. The Morgan fingerprint density at radius 2 is 1.59 bits per heavy atom. The van der Waals surface area contributed by atoms with E-state index < -0.39 is 34.1 Å². The maximum absolute atomic E-state index is 13.5. The molecule has 0 aromatic heterocycles. The predicted molar refractivity (Wildman–Crippen MR) is 148 cm³/mol. The lowest BCUT2D eigenvalue weighted by atomic mass is 10.1. The van der Waals surface area contributed by atoms with Gasteiger partial charge in [0.2, 0.25) is 21.8 Å². The van der Waals surface area contributed by atoms with Gasteiger partial charge >= 0.3 is 0 Å². The molecule has 0 saturated heterocycles. The van der Waals surface area contributed by atoms with Gasteiger partial charge in [0.1, 0.15) is 6.04 Å². The summed E-state index contributed by atoms with van der Waals surface area (Å²) in [5.74, 6) is -0.893. The number of fused-ring (bicyclic) bond motifs is 1. The smallest absolute Gasteiger partial charge is 0.243 e. The van der Waals surface area contributed by atoms with Crippen LogP contribution in [-0.2, 0) is 26.2 Å². The third kappa shape index (κ3) is 7.23. The molecule has 0 aliphatic carbocycles. The summed E-state index contributed by atoms with van der Waals surface area (Å²) in [4.78, 5) is 27.9. The monoisotopic (exact) mass is 563 g/mol. The van der Waals surface area contributed by atoms with Crippen molar-refractivity contribution in [2.45, 2.75) is 50.7 Å². The molecule has 37 heavy (non-hydrogen) atoms. The van der Waals surface area contributed by atoms with Crippen molar-refractivity contribution in [3.8, 4) is 0 Å². The third-order valence-electron chi connectivity index (χ3n) is 5.79. The molecule has 0 saturated carbocycles. The first-order valence-electron chi connectivity index (χ1n) is 11.7. The zero-order valence-corrected chi connectivity index (χ0v) is 23.8. The number of halogens is 2. The molecule has 7 nitrogen and oxygen atoms in total. The van der Waals surface area contributed by atoms with Crippen molar-refractivity contribution in [1.82, 2.24) is 14.5 Å². The lowest BCUT2D eigenvalue weighted by molar-refractivity contribution is -0.141. The second-order valence-corrected chi connectivity index (χ2v) is 12.8. The molecule has 0 bridgehead atoms. The fraction of sp³-hybridized carbons (Fsp3) is 0.333. The van der Waals surface area contributed by atoms with E-state index in [1.807, 2.05) is 45.0 Å². The Morgan fingerprint density at radius 3 is 2.22 bits per heavy atom. The average molecular weight is 565 g/mol. The standard InChI is InChI=1S/C27H31Cl2N3O4S/c1-18(26(34)30-27(2,3)4)32(16-19-10-13-23(28)24(29)14-19)25(33)17-31(5)37(35,36)22-12-11-20-8-6-7-9-21(20)15-22/h6-15,18H,16-17H2,1-5H3,(H,30,34). The highest BCUT2D eigenvalue weighted by molar-refractivity contribution is 7.89. The van der Waals surface area contributed by atoms with Crippen LogP contribution in [0.2, 0.25) is 10.0 Å². The summed E-state index contributed by atoms with van der Waals surface area (Å²) >= 11 is 12.2. The molecule has 0 aliphatic heterocycles. The fourth-order valence-corrected chi connectivity index (χ4v) is 5.24. The molecule has 0 heterocycles. The van der Waals surface area contributed by atoms with E-state index in [1.165, 1.54) is 18.0 Å². The molecule has 3 rings (SSSR count). The van der Waals surface area contributed by atoms with Crippen LogP contribution in [0.1, 0.15) is 33.3 Å². The van der Waals surface area contributed by atoms with Gasteiger partial charge in [-0.05, 0) is 68.3 Å². The number of benzene rings is 3. The van der Waals surface area contributed by atoms with Gasteiger partial charge in [-0.1, -0.05) is 59.6 Å². The first-order chi connectivity index (χ1) is 17.2. The van der Waals surface area contributed by atoms with E-state index in [0.29, 0.717) is 15.6 Å². The highest BCUT2D eigenvalue weighted by Crippen LogP contribution is 2.25. The van der Waals surface area contributed by atoms with Gasteiger partial charge in [-0.2, -0.15) is 4.31 Å². The van der Waals surface area contributed by atoms with Crippen LogP contribution in [0.5, 0.6) is 0 Å². The van der Waals surface area contributed by atoms with Crippen LogP contribution in [0, 0.1) is 0 Å². The molecular formula is C27H31Cl2N3O4S. The second kappa shape index (κ2) is 11.4. The normalized spacial score (nSPS) is 13.0. The Kier molecular flexibility index (Phi) is 8.90. The molecule has 3 aromatic rings. The van der Waals surface area contributed by atoms with Gasteiger partial charge in [-0.3, -0.25) is 9.59 Å². The molecule has 1 N–H and O–H groups in total. The number of hydrogen-bond acceptors (Lipinski definition) is 4. The molecule has 1 atom stereocenters. The molecule has 198 valence electrons. The highest BCUT2D eigenvalue weighted by Gasteiger charge is 2.31. The average Bonchev–Trinajstić information content (AvgIpc) is 2.82. The van der Waals surface area contributed by atoms with Crippen molar-refractivity contribution in [2.24, 2.45) is 0 Å². The van der Waals surface area contributed by atoms with Crippen LogP contribution in [0.15, 0.2) is 65.6 Å². The van der Waals surface area contributed by atoms with Crippen LogP contribution in [-0.4, -0.2) is 54.6 Å². The second-order valence-electron chi connectivity index (χ2n) is 9.96. The third-order valence-corrected chi connectivity index (χ3v) is 8.33. The lowest BCUT2D eigenvalue weighted by Crippen LogP contribution is -2.54. The molecule has 3 aromatic carbocycles. The van der Waals surface area contributed by atoms with Crippen LogP contribution < -0.4 is 5.32 Å². The van der Waals surface area contributed by atoms with Crippen molar-refractivity contribution in [1.29, 1.82) is 0 Å². The van der Waals surface area contributed by atoms with Gasteiger partial charge in [0.25, 0.3) is 0 Å². The molecule has 0 aliphatic rings. The quantitative estimate of drug-likeness (QED) is 0.413. The van der Waals surface area contributed by atoms with Crippen molar-refractivity contribution >= 4 is 55.8 Å². The summed E-state index contributed by atoms with van der Waals surface area (Å²) in [5.41, 5.74) is 0.137. The Hall–Kier alpha value is -2.65. The molecule has 0 radical (unpaired) electrons. The Bertz CT molecular complexity index is 1420. The van der Waals surface area contributed by atoms with Gasteiger partial charge in [0, 0.05) is 19.1 Å². The van der Waals surface area contributed by atoms with Gasteiger partial charge < -0.3 is 10.2 Å². The van der Waals surface area contributed by atoms with Gasteiger partial charge in [-0.15, -0.1) is 0 Å². The van der Waals surface area contributed by atoms with E-state index in [-0.39, 0.29) is 17.3 Å². The minimum atomic E-state index is -3.97. The SMILES string of the molecule is CC(C(=O)NC(C)(C)C)N(Cc1ccc(Cl)c(Cl)c1)C(=O)CN(C)S(=O)(=O)c1ccc2ccccc2c1. The van der Waals surface area contributed by atoms with Crippen molar-refractivity contribution < 1.29 is 18.0 Å². The molecule has 0 fully saturated rings. The Labute approximate surface area is 228 Å². The van der Waals surface area contributed by atoms with Crippen LogP contribution in [0.25, 0.3) is 10.8 Å². The molecule has 2 amide bonds. The summed E-state index contributed by atoms with van der Waals surface area (Å²) in [5, 5.41) is 5.24. The number of likely N-dealkylation sites (N-methyl/N-ethyl adjacent to an activating group) is 1. The van der Waals surface area contributed by atoms with E-state index >= 15 is 0 Å². The molecule has 0 spiro atoms. The molecule has 10 heteroatoms. The van der Waals surface area contributed by atoms with Gasteiger partial charge in [0.15, 0.2) is 0 Å².